The van der Waals surface area contributed by atoms with Crippen molar-refractivity contribution in [1.29, 1.82) is 0 Å². The molecule has 1 unspecified atom stereocenters. The van der Waals surface area contributed by atoms with Gasteiger partial charge in [0.25, 0.3) is 5.91 Å². The first-order valence-electron chi connectivity index (χ1n) is 6.38. The van der Waals surface area contributed by atoms with E-state index in [0.29, 0.717) is 18.4 Å². The van der Waals surface area contributed by atoms with Crippen LogP contribution in [0.1, 0.15) is 18.9 Å². The highest BCUT2D eigenvalue weighted by molar-refractivity contribution is 5.75. The topological polar surface area (TPSA) is 73.6 Å². The summed E-state index contributed by atoms with van der Waals surface area (Å²) in [6.07, 6.45) is 1.02. The van der Waals surface area contributed by atoms with Gasteiger partial charge in [-0.05, 0) is 24.1 Å². The summed E-state index contributed by atoms with van der Waals surface area (Å²) in [6, 6.07) is 7.94. The summed E-state index contributed by atoms with van der Waals surface area (Å²) in [6.45, 7) is 3.51. The molecule has 5 nitrogen and oxygen atoms in total. The Morgan fingerprint density at radius 3 is 2.58 bits per heavy atom. The quantitative estimate of drug-likeness (QED) is 0.701. The summed E-state index contributed by atoms with van der Waals surface area (Å²) >= 11 is 0. The molecular weight excluding hydrogens is 244 g/mol. The predicted molar refractivity (Wildman–Crippen MR) is 73.9 cm³/mol. The smallest absolute Gasteiger partial charge is 0.255 e. The molecule has 19 heavy (non-hydrogen) atoms. The van der Waals surface area contributed by atoms with Crippen LogP contribution in [0, 0.1) is 0 Å². The lowest BCUT2D eigenvalue weighted by atomic mass is 10.2. The van der Waals surface area contributed by atoms with E-state index in [1.165, 1.54) is 0 Å². The molecule has 0 saturated heterocycles. The third kappa shape index (κ3) is 6.22. The van der Waals surface area contributed by atoms with Crippen molar-refractivity contribution in [2.75, 3.05) is 20.3 Å². The number of nitrogens with two attached hydrogens (primary N) is 1. The van der Waals surface area contributed by atoms with E-state index < -0.39 is 5.91 Å². The molecule has 1 rings (SSSR count). The van der Waals surface area contributed by atoms with Crippen molar-refractivity contribution in [2.24, 2.45) is 5.73 Å². The molecule has 1 amide bonds. The molecule has 0 aliphatic rings. The number of carbonyl (C=O) groups excluding carboxylic acids is 1. The van der Waals surface area contributed by atoms with Gasteiger partial charge in [-0.3, -0.25) is 4.79 Å². The zero-order valence-corrected chi connectivity index (χ0v) is 11.5. The Kier molecular flexibility index (Phi) is 6.92. The van der Waals surface area contributed by atoms with Crippen LogP contribution in [0.15, 0.2) is 24.3 Å². The zero-order chi connectivity index (χ0) is 14.1. The molecule has 0 spiro atoms. The largest absolute Gasteiger partial charge is 0.484 e. The second-order valence-electron chi connectivity index (χ2n) is 4.34. The van der Waals surface area contributed by atoms with Crippen LogP contribution >= 0.6 is 0 Å². The maximum absolute atomic E-state index is 10.6. The van der Waals surface area contributed by atoms with Crippen molar-refractivity contribution in [1.82, 2.24) is 5.32 Å². The Hall–Kier alpha value is -1.59. The Morgan fingerprint density at radius 1 is 1.37 bits per heavy atom. The predicted octanol–water partition coefficient (Wildman–Crippen LogP) is 1.07. The fourth-order valence-corrected chi connectivity index (χ4v) is 1.64. The summed E-state index contributed by atoms with van der Waals surface area (Å²) in [7, 11) is 1.70. The number of hydrogen-bond donors (Lipinski definition) is 2. The van der Waals surface area contributed by atoms with E-state index in [1.807, 2.05) is 24.3 Å². The first-order valence-corrected chi connectivity index (χ1v) is 6.38. The average Bonchev–Trinajstić information content (AvgIpc) is 2.42. The zero-order valence-electron chi connectivity index (χ0n) is 11.5. The number of nitrogens with one attached hydrogen (secondary N) is 1. The molecule has 1 atom stereocenters. The van der Waals surface area contributed by atoms with Crippen LogP contribution in [0.2, 0.25) is 0 Å². The van der Waals surface area contributed by atoms with Gasteiger partial charge >= 0.3 is 0 Å². The summed E-state index contributed by atoms with van der Waals surface area (Å²) in [5.74, 6) is 0.169. The maximum atomic E-state index is 10.6. The minimum atomic E-state index is -0.476. The molecule has 3 N–H and O–H groups in total. The summed E-state index contributed by atoms with van der Waals surface area (Å²) in [5.41, 5.74) is 6.16. The van der Waals surface area contributed by atoms with Crippen molar-refractivity contribution in [2.45, 2.75) is 25.9 Å². The first-order chi connectivity index (χ1) is 9.15. The van der Waals surface area contributed by atoms with E-state index in [9.17, 15) is 4.79 Å². The van der Waals surface area contributed by atoms with Crippen LogP contribution in [0.5, 0.6) is 5.75 Å². The Balaban J connectivity index is 2.41. The lowest BCUT2D eigenvalue weighted by molar-refractivity contribution is -0.119. The van der Waals surface area contributed by atoms with Crippen LogP contribution in [0.3, 0.4) is 0 Å². The molecular formula is C14H22N2O3. The van der Waals surface area contributed by atoms with E-state index in [2.05, 4.69) is 12.2 Å². The van der Waals surface area contributed by atoms with Gasteiger partial charge in [-0.15, -0.1) is 0 Å². The fourth-order valence-electron chi connectivity index (χ4n) is 1.64. The van der Waals surface area contributed by atoms with Gasteiger partial charge in [0.1, 0.15) is 5.75 Å². The summed E-state index contributed by atoms with van der Waals surface area (Å²) in [4.78, 5) is 10.6. The minimum absolute atomic E-state index is 0.0939. The highest BCUT2D eigenvalue weighted by Crippen LogP contribution is 2.12. The minimum Gasteiger partial charge on any atom is -0.484 e. The number of hydrogen-bond acceptors (Lipinski definition) is 4. The van der Waals surface area contributed by atoms with Gasteiger partial charge in [0, 0.05) is 19.7 Å². The third-order valence-corrected chi connectivity index (χ3v) is 2.76. The number of ether oxygens (including phenoxy) is 2. The normalized spacial score (nSPS) is 12.1. The highest BCUT2D eigenvalue weighted by atomic mass is 16.5. The number of amides is 1. The standard InChI is InChI=1S/C14H22N2O3/c1-3-12(9-18-2)16-8-11-4-6-13(7-5-11)19-10-14(15)17/h4-7,12,16H,3,8-10H2,1-2H3,(H2,15,17). The lowest BCUT2D eigenvalue weighted by Gasteiger charge is -2.16. The number of benzene rings is 1. The first kappa shape index (κ1) is 15.5. The van der Waals surface area contributed by atoms with Gasteiger partial charge in [0.15, 0.2) is 6.61 Å². The molecule has 1 aromatic carbocycles. The van der Waals surface area contributed by atoms with Crippen molar-refractivity contribution >= 4 is 5.91 Å². The van der Waals surface area contributed by atoms with Gasteiger partial charge in [0.05, 0.1) is 6.61 Å². The van der Waals surface area contributed by atoms with Crippen molar-refractivity contribution in [3.05, 3.63) is 29.8 Å². The van der Waals surface area contributed by atoms with Gasteiger partial charge in [0.2, 0.25) is 0 Å². The molecule has 106 valence electrons. The highest BCUT2D eigenvalue weighted by Gasteiger charge is 2.05. The Morgan fingerprint density at radius 2 is 2.05 bits per heavy atom. The van der Waals surface area contributed by atoms with Crippen LogP contribution in [0.4, 0.5) is 0 Å². The second kappa shape index (κ2) is 8.50. The van der Waals surface area contributed by atoms with Gasteiger partial charge in [-0.2, -0.15) is 0 Å². The number of methoxy groups -OCH3 is 1. The molecule has 0 bridgehead atoms. The number of primary amides is 1. The number of rotatable bonds is 9. The molecule has 0 fully saturated rings. The molecule has 0 aliphatic carbocycles. The lowest BCUT2D eigenvalue weighted by Crippen LogP contribution is -2.31. The fraction of sp³-hybridized carbons (Fsp3) is 0.500. The van der Waals surface area contributed by atoms with Crippen LogP contribution in [-0.4, -0.2) is 32.3 Å². The monoisotopic (exact) mass is 266 g/mol. The van der Waals surface area contributed by atoms with Crippen molar-refractivity contribution in [3.63, 3.8) is 0 Å². The SMILES string of the molecule is CCC(COC)NCc1ccc(OCC(N)=O)cc1. The molecule has 0 heterocycles. The number of carbonyl (C=O) groups is 1. The van der Waals surface area contributed by atoms with E-state index >= 15 is 0 Å². The van der Waals surface area contributed by atoms with Crippen molar-refractivity contribution in [3.8, 4) is 5.75 Å². The van der Waals surface area contributed by atoms with Gasteiger partial charge in [-0.25, -0.2) is 0 Å². The second-order valence-corrected chi connectivity index (χ2v) is 4.34. The van der Waals surface area contributed by atoms with Crippen LogP contribution in [0.25, 0.3) is 0 Å². The van der Waals surface area contributed by atoms with Crippen LogP contribution < -0.4 is 15.8 Å². The van der Waals surface area contributed by atoms with E-state index in [1.54, 1.807) is 7.11 Å². The Labute approximate surface area is 114 Å². The molecule has 5 heteroatoms. The van der Waals surface area contributed by atoms with Gasteiger partial charge in [-0.1, -0.05) is 19.1 Å². The average molecular weight is 266 g/mol. The van der Waals surface area contributed by atoms with E-state index in [0.717, 1.165) is 18.5 Å². The molecule has 0 aromatic heterocycles. The van der Waals surface area contributed by atoms with E-state index in [-0.39, 0.29) is 6.61 Å². The van der Waals surface area contributed by atoms with Gasteiger partial charge < -0.3 is 20.5 Å². The maximum Gasteiger partial charge on any atom is 0.255 e. The molecule has 1 aromatic rings. The molecule has 0 radical (unpaired) electrons. The van der Waals surface area contributed by atoms with Crippen LogP contribution in [-0.2, 0) is 16.1 Å². The summed E-state index contributed by atoms with van der Waals surface area (Å²) < 4.78 is 10.3. The Bertz CT molecular complexity index is 379. The third-order valence-electron chi connectivity index (χ3n) is 2.76. The van der Waals surface area contributed by atoms with E-state index in [4.69, 9.17) is 15.2 Å². The molecule has 0 aliphatic heterocycles. The molecule has 0 saturated carbocycles. The summed E-state index contributed by atoms with van der Waals surface area (Å²) in [5, 5.41) is 3.42. The van der Waals surface area contributed by atoms with Crippen molar-refractivity contribution < 1.29 is 14.3 Å².